The van der Waals surface area contributed by atoms with Crippen LogP contribution in [-0.4, -0.2) is 61.7 Å². The van der Waals surface area contributed by atoms with Gasteiger partial charge in [-0.15, -0.1) is 0 Å². The molecule has 0 bridgehead atoms. The molecule has 4 aromatic rings. The Bertz CT molecular complexity index is 1320. The molecule has 0 amide bonds. The molecule has 1 aliphatic rings. The molecular weight excluding hydrogens is 450 g/mol. The minimum Gasteiger partial charge on any atom is -0.484 e. The van der Waals surface area contributed by atoms with Crippen LogP contribution >= 0.6 is 0 Å². The molecule has 2 atom stereocenters. The summed E-state index contributed by atoms with van der Waals surface area (Å²) in [5.41, 5.74) is 1.78. The fraction of sp³-hybridized carbons (Fsp3) is 0.318. The molecule has 12 heteroatoms. The Balaban J connectivity index is 1.44. The number of aliphatic hydroxyl groups is 1. The molecule has 2 unspecified atom stereocenters. The second-order valence-corrected chi connectivity index (χ2v) is 7.84. The Morgan fingerprint density at radius 3 is 2.79 bits per heavy atom. The normalized spacial score (nSPS) is 18.1. The van der Waals surface area contributed by atoms with Crippen LogP contribution < -0.4 is 14.8 Å². The van der Waals surface area contributed by atoms with Gasteiger partial charge in [0.15, 0.2) is 5.65 Å². The third kappa shape index (κ3) is 4.37. The van der Waals surface area contributed by atoms with Crippen LogP contribution in [0.15, 0.2) is 42.6 Å². The molecule has 1 aliphatic heterocycles. The molecule has 34 heavy (non-hydrogen) atoms. The number of fused-ring (bicyclic) bond motifs is 1. The zero-order chi connectivity index (χ0) is 23.8. The van der Waals surface area contributed by atoms with Crippen LogP contribution in [0.4, 0.5) is 20.4 Å². The van der Waals surface area contributed by atoms with Gasteiger partial charge in [0, 0.05) is 31.8 Å². The Morgan fingerprint density at radius 1 is 1.18 bits per heavy atom. The third-order valence-electron chi connectivity index (χ3n) is 5.44. The number of pyridine rings is 1. The quantitative estimate of drug-likeness (QED) is 0.423. The van der Waals surface area contributed by atoms with Gasteiger partial charge in [0.25, 0.3) is 0 Å². The summed E-state index contributed by atoms with van der Waals surface area (Å²) < 4.78 is 44.2. The molecule has 5 rings (SSSR count). The third-order valence-corrected chi connectivity index (χ3v) is 5.44. The number of aliphatic hydroxyl groups excluding tert-OH is 1. The molecule has 0 spiro atoms. The number of halogens is 2. The highest BCUT2D eigenvalue weighted by atomic mass is 19.3. The topological polar surface area (TPSA) is 108 Å². The van der Waals surface area contributed by atoms with Gasteiger partial charge >= 0.3 is 6.61 Å². The van der Waals surface area contributed by atoms with E-state index >= 15 is 0 Å². The van der Waals surface area contributed by atoms with Gasteiger partial charge in [0.1, 0.15) is 35.3 Å². The van der Waals surface area contributed by atoms with Crippen molar-refractivity contribution in [2.45, 2.75) is 18.8 Å². The number of rotatable bonds is 7. The van der Waals surface area contributed by atoms with Gasteiger partial charge in [-0.2, -0.15) is 19.0 Å². The monoisotopic (exact) mass is 472 g/mol. The van der Waals surface area contributed by atoms with E-state index < -0.39 is 18.8 Å². The summed E-state index contributed by atoms with van der Waals surface area (Å²) in [6.45, 7) is -2.40. The first-order valence-corrected chi connectivity index (χ1v) is 10.5. The van der Waals surface area contributed by atoms with E-state index in [1.807, 2.05) is 0 Å². The summed E-state index contributed by atoms with van der Waals surface area (Å²) in [6.07, 6.45) is 0.436. The van der Waals surface area contributed by atoms with Gasteiger partial charge in [0.2, 0.25) is 0 Å². The highest BCUT2D eigenvalue weighted by Crippen LogP contribution is 2.32. The molecule has 0 aliphatic carbocycles. The zero-order valence-corrected chi connectivity index (χ0v) is 18.4. The van der Waals surface area contributed by atoms with Gasteiger partial charge in [-0.3, -0.25) is 9.36 Å². The number of nitrogens with one attached hydrogen (secondary N) is 1. The Hall–Kier alpha value is -3.77. The molecule has 10 nitrogen and oxygen atoms in total. The van der Waals surface area contributed by atoms with Crippen molar-refractivity contribution < 1.29 is 28.1 Å². The predicted octanol–water partition coefficient (Wildman–Crippen LogP) is 2.85. The van der Waals surface area contributed by atoms with Gasteiger partial charge in [-0.1, -0.05) is 12.1 Å². The number of alkyl halides is 2. The van der Waals surface area contributed by atoms with Gasteiger partial charge in [-0.25, -0.2) is 4.98 Å². The van der Waals surface area contributed by atoms with Gasteiger partial charge < -0.3 is 24.6 Å². The van der Waals surface area contributed by atoms with Crippen molar-refractivity contribution >= 4 is 22.7 Å². The lowest BCUT2D eigenvalue weighted by molar-refractivity contribution is -0.0498. The molecule has 178 valence electrons. The van der Waals surface area contributed by atoms with Crippen LogP contribution in [0.25, 0.3) is 22.3 Å². The standard InChI is InChI=1S/C22H22F2N6O4/c1-29-20(7-15(28-29)12-4-3-5-13(6-12)33-22(23)24)26-19-8-17(34-18-11-32-10-16(18)31)14-9-25-30(2)21(14)27-19/h3-9,16,18,22,31H,10-11H2,1-2H3,(H,26,27). The molecule has 1 fully saturated rings. The lowest BCUT2D eigenvalue weighted by atomic mass is 10.1. The first-order chi connectivity index (χ1) is 16.4. The van der Waals surface area contributed by atoms with Gasteiger partial charge in [0.05, 0.1) is 30.5 Å². The summed E-state index contributed by atoms with van der Waals surface area (Å²) in [4.78, 5) is 4.63. The van der Waals surface area contributed by atoms with Crippen molar-refractivity contribution in [2.24, 2.45) is 14.1 Å². The van der Waals surface area contributed by atoms with Crippen LogP contribution in [0.3, 0.4) is 0 Å². The lowest BCUT2D eigenvalue weighted by Gasteiger charge is -2.17. The minimum absolute atomic E-state index is 0.0517. The van der Waals surface area contributed by atoms with Gasteiger partial charge in [-0.05, 0) is 12.1 Å². The van der Waals surface area contributed by atoms with Crippen molar-refractivity contribution in [1.29, 1.82) is 0 Å². The first kappa shape index (κ1) is 22.0. The van der Waals surface area contributed by atoms with E-state index in [1.165, 1.54) is 12.1 Å². The average molecular weight is 472 g/mol. The highest BCUT2D eigenvalue weighted by molar-refractivity contribution is 5.84. The summed E-state index contributed by atoms with van der Waals surface area (Å²) in [5, 5.41) is 22.7. The maximum Gasteiger partial charge on any atom is 0.387 e. The Morgan fingerprint density at radius 2 is 2.03 bits per heavy atom. The molecule has 0 radical (unpaired) electrons. The Kier molecular flexibility index (Phi) is 5.75. The van der Waals surface area contributed by atoms with E-state index in [-0.39, 0.29) is 19.0 Å². The fourth-order valence-corrected chi connectivity index (χ4v) is 3.73. The van der Waals surface area contributed by atoms with E-state index in [0.717, 1.165) is 0 Å². The molecule has 2 N–H and O–H groups in total. The zero-order valence-electron chi connectivity index (χ0n) is 18.4. The van der Waals surface area contributed by atoms with Crippen molar-refractivity contribution in [3.63, 3.8) is 0 Å². The number of nitrogens with zero attached hydrogens (tertiary/aromatic N) is 5. The molecule has 3 aromatic heterocycles. The molecule has 1 saturated heterocycles. The second-order valence-electron chi connectivity index (χ2n) is 7.84. The SMILES string of the molecule is Cn1nc(-c2cccc(OC(F)F)c2)cc1Nc1cc(OC2COCC2O)c2cnn(C)c2n1. The van der Waals surface area contributed by atoms with Crippen LogP contribution in [0.1, 0.15) is 0 Å². The minimum atomic E-state index is -2.91. The summed E-state index contributed by atoms with van der Waals surface area (Å²) in [6, 6.07) is 9.82. The molecule has 1 aromatic carbocycles. The van der Waals surface area contributed by atoms with E-state index in [4.69, 9.17) is 9.47 Å². The number of ether oxygens (including phenoxy) is 3. The maximum absolute atomic E-state index is 12.6. The van der Waals surface area contributed by atoms with E-state index in [2.05, 4.69) is 25.2 Å². The fourth-order valence-electron chi connectivity index (χ4n) is 3.73. The smallest absolute Gasteiger partial charge is 0.387 e. The van der Waals surface area contributed by atoms with Crippen LogP contribution in [-0.2, 0) is 18.8 Å². The number of aryl methyl sites for hydroxylation is 2. The molecule has 0 saturated carbocycles. The van der Waals surface area contributed by atoms with Crippen LogP contribution in [0.5, 0.6) is 11.5 Å². The first-order valence-electron chi connectivity index (χ1n) is 10.5. The summed E-state index contributed by atoms with van der Waals surface area (Å²) in [5.74, 6) is 1.65. The van der Waals surface area contributed by atoms with E-state index in [9.17, 15) is 13.9 Å². The maximum atomic E-state index is 12.6. The number of anilines is 2. The Labute approximate surface area is 192 Å². The van der Waals surface area contributed by atoms with Crippen molar-refractivity contribution in [1.82, 2.24) is 24.5 Å². The summed E-state index contributed by atoms with van der Waals surface area (Å²) in [7, 11) is 3.52. The largest absolute Gasteiger partial charge is 0.484 e. The number of hydrogen-bond donors (Lipinski definition) is 2. The second kappa shape index (κ2) is 8.88. The van der Waals surface area contributed by atoms with Crippen molar-refractivity contribution in [3.05, 3.63) is 42.6 Å². The molecular formula is C22H22F2N6O4. The average Bonchev–Trinajstić information content (AvgIpc) is 3.48. The predicted molar refractivity (Wildman–Crippen MR) is 118 cm³/mol. The van der Waals surface area contributed by atoms with Crippen molar-refractivity contribution in [2.75, 3.05) is 18.5 Å². The van der Waals surface area contributed by atoms with Crippen LogP contribution in [0, 0.1) is 0 Å². The lowest BCUT2D eigenvalue weighted by Crippen LogP contribution is -2.29. The highest BCUT2D eigenvalue weighted by Gasteiger charge is 2.29. The van der Waals surface area contributed by atoms with E-state index in [0.29, 0.717) is 39.7 Å². The van der Waals surface area contributed by atoms with Crippen LogP contribution in [0.2, 0.25) is 0 Å². The van der Waals surface area contributed by atoms with E-state index in [1.54, 1.807) is 53.9 Å². The number of benzene rings is 1. The number of aromatic nitrogens is 5. The molecule has 4 heterocycles. The summed E-state index contributed by atoms with van der Waals surface area (Å²) >= 11 is 0. The number of hydrogen-bond acceptors (Lipinski definition) is 8. The van der Waals surface area contributed by atoms with Crippen molar-refractivity contribution in [3.8, 4) is 22.8 Å².